The smallest absolute Gasteiger partial charge is 0.0561 e. The van der Waals surface area contributed by atoms with E-state index in [1.807, 2.05) is 0 Å². The summed E-state index contributed by atoms with van der Waals surface area (Å²) in [7, 11) is 0. The molecule has 10 aromatic rings. The van der Waals surface area contributed by atoms with Gasteiger partial charge in [-0.3, -0.25) is 0 Å². The highest BCUT2D eigenvalue weighted by atomic mass is 15.1. The fourth-order valence-electron chi connectivity index (χ4n) is 7.79. The Bertz CT molecular complexity index is 2830. The molecule has 0 atom stereocenters. The van der Waals surface area contributed by atoms with Gasteiger partial charge >= 0.3 is 0 Å². The fraction of sp³-hybridized carbons (Fsp3) is 0. The van der Waals surface area contributed by atoms with E-state index in [0.717, 1.165) is 28.4 Å². The minimum absolute atomic E-state index is 1.10. The molecule has 0 aliphatic heterocycles. The van der Waals surface area contributed by atoms with Crippen LogP contribution in [0.3, 0.4) is 0 Å². The van der Waals surface area contributed by atoms with Gasteiger partial charge in [-0.2, -0.15) is 0 Å². The zero-order valence-corrected chi connectivity index (χ0v) is 27.9. The van der Waals surface area contributed by atoms with Gasteiger partial charge in [-0.25, -0.2) is 0 Å². The van der Waals surface area contributed by atoms with Gasteiger partial charge in [-0.05, 0) is 90.0 Å². The van der Waals surface area contributed by atoms with Crippen molar-refractivity contribution >= 4 is 60.7 Å². The van der Waals surface area contributed by atoms with Gasteiger partial charge in [0.2, 0.25) is 0 Å². The topological polar surface area (TPSA) is 13.1 Å². The third-order valence-electron chi connectivity index (χ3n) is 10.1. The quantitative estimate of drug-likeness (QED) is 0.174. The molecule has 2 aromatic heterocycles. The van der Waals surface area contributed by atoms with Crippen molar-refractivity contribution in [3.05, 3.63) is 200 Å². The zero-order valence-electron chi connectivity index (χ0n) is 27.9. The SMILES string of the molecule is c1ccc(-c2ccc(N(c3ccc4c(c3)c3ccccc3n4-c3ccccc3)c3ccc4c5ccccc5n(-c5ccccc5)c4c3)cc2)cc1. The average molecular weight is 652 g/mol. The highest BCUT2D eigenvalue weighted by Gasteiger charge is 2.20. The Morgan fingerprint density at radius 2 is 0.706 bits per heavy atom. The van der Waals surface area contributed by atoms with Gasteiger partial charge in [0.15, 0.2) is 0 Å². The standard InChI is InChI=1S/C48H33N3/c1-4-14-34(15-5-1)35-24-26-38(27-25-35)49(39-29-31-47-44(32-39)42-21-11-13-23-46(42)50(47)36-16-6-2-7-17-36)40-28-30-43-41-20-10-12-22-45(41)51(48(43)33-40)37-18-8-3-9-19-37/h1-33H. The summed E-state index contributed by atoms with van der Waals surface area (Å²) in [6.45, 7) is 0. The number of anilines is 3. The number of hydrogen-bond donors (Lipinski definition) is 0. The molecule has 0 bridgehead atoms. The van der Waals surface area contributed by atoms with Gasteiger partial charge in [0.25, 0.3) is 0 Å². The van der Waals surface area contributed by atoms with Crippen LogP contribution in [-0.4, -0.2) is 9.13 Å². The van der Waals surface area contributed by atoms with Gasteiger partial charge in [0.1, 0.15) is 0 Å². The van der Waals surface area contributed by atoms with E-state index in [-0.39, 0.29) is 0 Å². The first kappa shape index (κ1) is 29.1. The number of para-hydroxylation sites is 4. The van der Waals surface area contributed by atoms with Gasteiger partial charge < -0.3 is 14.0 Å². The van der Waals surface area contributed by atoms with Crippen molar-refractivity contribution in [3.63, 3.8) is 0 Å². The maximum Gasteiger partial charge on any atom is 0.0561 e. The molecule has 0 unspecified atom stereocenters. The maximum absolute atomic E-state index is 2.40. The number of rotatable bonds is 6. The van der Waals surface area contributed by atoms with Crippen molar-refractivity contribution in [1.29, 1.82) is 0 Å². The van der Waals surface area contributed by atoms with E-state index in [1.54, 1.807) is 0 Å². The third-order valence-corrected chi connectivity index (χ3v) is 10.1. The Morgan fingerprint density at radius 3 is 1.35 bits per heavy atom. The summed E-state index contributed by atoms with van der Waals surface area (Å²) >= 11 is 0. The minimum atomic E-state index is 1.10. The Kier molecular flexibility index (Phi) is 6.81. The molecule has 0 spiro atoms. The molecule has 0 N–H and O–H groups in total. The van der Waals surface area contributed by atoms with E-state index >= 15 is 0 Å². The maximum atomic E-state index is 2.40. The van der Waals surface area contributed by atoms with Crippen LogP contribution in [0.5, 0.6) is 0 Å². The summed E-state index contributed by atoms with van der Waals surface area (Å²) in [6, 6.07) is 72.1. The number of hydrogen-bond acceptors (Lipinski definition) is 1. The van der Waals surface area contributed by atoms with Gasteiger partial charge in [-0.15, -0.1) is 0 Å². The number of nitrogens with zero attached hydrogens (tertiary/aromatic N) is 3. The monoisotopic (exact) mass is 651 g/mol. The normalized spacial score (nSPS) is 11.5. The largest absolute Gasteiger partial charge is 0.310 e. The summed E-state index contributed by atoms with van der Waals surface area (Å²) in [4.78, 5) is 2.40. The first-order valence-electron chi connectivity index (χ1n) is 17.4. The second-order valence-electron chi connectivity index (χ2n) is 13.0. The molecule has 10 rings (SSSR count). The number of aromatic nitrogens is 2. The molecule has 0 aliphatic carbocycles. The van der Waals surface area contributed by atoms with Crippen LogP contribution in [0.2, 0.25) is 0 Å². The third kappa shape index (κ3) is 4.82. The van der Waals surface area contributed by atoms with Crippen LogP contribution in [-0.2, 0) is 0 Å². The summed E-state index contributed by atoms with van der Waals surface area (Å²) in [5.41, 5.74) is 12.8. The lowest BCUT2D eigenvalue weighted by Gasteiger charge is -2.26. The lowest BCUT2D eigenvalue weighted by atomic mass is 10.0. The van der Waals surface area contributed by atoms with E-state index in [2.05, 4.69) is 214 Å². The molecule has 3 heteroatoms. The van der Waals surface area contributed by atoms with Crippen LogP contribution in [0.25, 0.3) is 66.1 Å². The van der Waals surface area contributed by atoms with Crippen LogP contribution in [0.15, 0.2) is 200 Å². The minimum Gasteiger partial charge on any atom is -0.310 e. The second kappa shape index (κ2) is 11.9. The first-order chi connectivity index (χ1) is 25.3. The predicted octanol–water partition coefficient (Wildman–Crippen LogP) is 13.0. The molecule has 3 nitrogen and oxygen atoms in total. The molecule has 8 aromatic carbocycles. The Hall–Kier alpha value is -6.84. The molecular weight excluding hydrogens is 619 g/mol. The van der Waals surface area contributed by atoms with Crippen molar-refractivity contribution < 1.29 is 0 Å². The van der Waals surface area contributed by atoms with Crippen LogP contribution < -0.4 is 4.90 Å². The van der Waals surface area contributed by atoms with Crippen molar-refractivity contribution in [2.45, 2.75) is 0 Å². The van der Waals surface area contributed by atoms with Crippen molar-refractivity contribution in [2.24, 2.45) is 0 Å². The zero-order chi connectivity index (χ0) is 33.7. The van der Waals surface area contributed by atoms with Gasteiger partial charge in [0.05, 0.1) is 22.1 Å². The van der Waals surface area contributed by atoms with Crippen molar-refractivity contribution in [3.8, 4) is 22.5 Å². The number of benzene rings is 8. The molecular formula is C48H33N3. The predicted molar refractivity (Wildman–Crippen MR) is 215 cm³/mol. The average Bonchev–Trinajstić information content (AvgIpc) is 3.72. The summed E-state index contributed by atoms with van der Waals surface area (Å²) < 4.78 is 4.76. The van der Waals surface area contributed by atoms with E-state index in [0.29, 0.717) is 0 Å². The van der Waals surface area contributed by atoms with E-state index < -0.39 is 0 Å². The molecule has 0 radical (unpaired) electrons. The van der Waals surface area contributed by atoms with E-state index in [1.165, 1.54) is 54.7 Å². The van der Waals surface area contributed by atoms with Crippen molar-refractivity contribution in [1.82, 2.24) is 9.13 Å². The van der Waals surface area contributed by atoms with E-state index in [4.69, 9.17) is 0 Å². The lowest BCUT2D eigenvalue weighted by molar-refractivity contribution is 1.17. The van der Waals surface area contributed by atoms with Crippen LogP contribution in [0.4, 0.5) is 17.1 Å². The molecule has 0 saturated heterocycles. The van der Waals surface area contributed by atoms with Crippen molar-refractivity contribution in [2.75, 3.05) is 4.90 Å². The van der Waals surface area contributed by atoms with Crippen LogP contribution >= 0.6 is 0 Å². The molecule has 240 valence electrons. The molecule has 0 saturated carbocycles. The molecule has 0 aliphatic rings. The lowest BCUT2D eigenvalue weighted by Crippen LogP contribution is -2.10. The second-order valence-corrected chi connectivity index (χ2v) is 13.0. The van der Waals surface area contributed by atoms with E-state index in [9.17, 15) is 0 Å². The Labute approximate surface area is 296 Å². The summed E-state index contributed by atoms with van der Waals surface area (Å²) in [5.74, 6) is 0. The fourth-order valence-corrected chi connectivity index (χ4v) is 7.79. The van der Waals surface area contributed by atoms with Gasteiger partial charge in [-0.1, -0.05) is 121 Å². The first-order valence-corrected chi connectivity index (χ1v) is 17.4. The highest BCUT2D eigenvalue weighted by Crippen LogP contribution is 2.42. The van der Waals surface area contributed by atoms with Gasteiger partial charge in [0, 0.05) is 50.0 Å². The molecule has 51 heavy (non-hydrogen) atoms. The number of fused-ring (bicyclic) bond motifs is 6. The Morgan fingerprint density at radius 1 is 0.275 bits per heavy atom. The highest BCUT2D eigenvalue weighted by molar-refractivity contribution is 6.12. The van der Waals surface area contributed by atoms with Crippen LogP contribution in [0, 0.1) is 0 Å². The molecule has 0 amide bonds. The molecule has 2 heterocycles. The van der Waals surface area contributed by atoms with Crippen LogP contribution in [0.1, 0.15) is 0 Å². The molecule has 0 fully saturated rings. The Balaban J connectivity index is 1.21. The summed E-state index contributed by atoms with van der Waals surface area (Å²) in [5, 5.41) is 4.94. The summed E-state index contributed by atoms with van der Waals surface area (Å²) in [6.07, 6.45) is 0.